The molecular formula is C35H45F2N3O5S. The minimum atomic E-state index is -3.76. The zero-order valence-corrected chi connectivity index (χ0v) is 27.7. The zero-order chi connectivity index (χ0) is 32.9. The van der Waals surface area contributed by atoms with Crippen LogP contribution >= 0.6 is 0 Å². The molecule has 2 amide bonds. The molecule has 0 aromatic heterocycles. The Morgan fingerprint density at radius 2 is 1.83 bits per heavy atom. The second kappa shape index (κ2) is 12.2. The average Bonchev–Trinajstić information content (AvgIpc) is 3.34. The van der Waals surface area contributed by atoms with Crippen molar-refractivity contribution in [3.63, 3.8) is 0 Å². The largest absolute Gasteiger partial charge is 0.493 e. The molecule has 46 heavy (non-hydrogen) atoms. The van der Waals surface area contributed by atoms with Gasteiger partial charge in [-0.25, -0.2) is 17.2 Å². The number of amides is 2. The van der Waals surface area contributed by atoms with E-state index in [9.17, 15) is 18.0 Å². The maximum absolute atomic E-state index is 15.4. The first-order chi connectivity index (χ1) is 21.7. The fraction of sp³-hybridized carbons (Fsp3) is 0.600. The van der Waals surface area contributed by atoms with Crippen molar-refractivity contribution in [3.05, 3.63) is 53.3 Å². The standard InChI is InChI=1S/C35H45F2N3O5S/c1-4-46(43,44)40-31(41)33(2,3)24-12-13-29(27(18-24)26-10-6-11-28(36)30(26)23-8-5-9-23)45-19-22-16-25(17-22)39-32(42)35(37)20-34(38-21-35)14-7-15-34/h6,10-13,18,22-23,25,38H,4-5,7-9,14-17,19-21H2,1-3H3,(H,39,42)(H,40,41). The number of hydrogen-bond donors (Lipinski definition) is 3. The number of benzene rings is 2. The van der Waals surface area contributed by atoms with Gasteiger partial charge in [-0.3, -0.25) is 14.3 Å². The van der Waals surface area contributed by atoms with E-state index in [1.54, 1.807) is 38.1 Å². The van der Waals surface area contributed by atoms with Crippen LogP contribution in [-0.2, 0) is 25.0 Å². The second-order valence-electron chi connectivity index (χ2n) is 14.4. The third kappa shape index (κ3) is 6.29. The van der Waals surface area contributed by atoms with E-state index in [0.29, 0.717) is 47.5 Å². The first kappa shape index (κ1) is 32.9. The summed E-state index contributed by atoms with van der Waals surface area (Å²) in [6.45, 7) is 5.20. The molecule has 8 nitrogen and oxygen atoms in total. The molecule has 3 N–H and O–H groups in total. The molecule has 11 heteroatoms. The normalized spacial score (nSPS) is 25.7. The van der Waals surface area contributed by atoms with E-state index in [1.807, 2.05) is 6.07 Å². The summed E-state index contributed by atoms with van der Waals surface area (Å²) >= 11 is 0. The molecule has 4 fully saturated rings. The molecule has 6 rings (SSSR count). The lowest BCUT2D eigenvalue weighted by Crippen LogP contribution is -2.53. The molecule has 1 spiro atoms. The molecule has 1 saturated heterocycles. The van der Waals surface area contributed by atoms with Crippen molar-refractivity contribution in [1.29, 1.82) is 0 Å². The number of halogens is 2. The molecule has 4 aliphatic rings. The van der Waals surface area contributed by atoms with Crippen molar-refractivity contribution in [2.24, 2.45) is 5.92 Å². The molecule has 3 aliphatic carbocycles. The SMILES string of the molecule is CCS(=O)(=O)NC(=O)C(C)(C)c1ccc(OCC2CC(NC(=O)C3(F)CNC4(CCC4)C3)C2)c(-c2cccc(F)c2C2CCC2)c1. The van der Waals surface area contributed by atoms with Crippen LogP contribution in [-0.4, -0.2) is 56.4 Å². The van der Waals surface area contributed by atoms with Crippen LogP contribution in [0.15, 0.2) is 36.4 Å². The number of carbonyl (C=O) groups is 2. The fourth-order valence-electron chi connectivity index (χ4n) is 7.23. The van der Waals surface area contributed by atoms with E-state index in [2.05, 4.69) is 15.4 Å². The third-order valence-electron chi connectivity index (χ3n) is 10.9. The maximum atomic E-state index is 15.4. The Hall–Kier alpha value is -3.05. The maximum Gasteiger partial charge on any atom is 0.259 e. The molecule has 250 valence electrons. The van der Waals surface area contributed by atoms with Crippen LogP contribution in [0.3, 0.4) is 0 Å². The number of hydrogen-bond acceptors (Lipinski definition) is 6. The van der Waals surface area contributed by atoms with Gasteiger partial charge >= 0.3 is 0 Å². The molecule has 1 atom stereocenters. The van der Waals surface area contributed by atoms with Gasteiger partial charge in [-0.15, -0.1) is 0 Å². The van der Waals surface area contributed by atoms with Crippen LogP contribution in [0.1, 0.15) is 95.6 Å². The molecule has 1 heterocycles. The van der Waals surface area contributed by atoms with E-state index in [-0.39, 0.29) is 48.0 Å². The summed E-state index contributed by atoms with van der Waals surface area (Å²) < 4.78 is 63.6. The van der Waals surface area contributed by atoms with E-state index in [1.165, 1.54) is 13.0 Å². The molecule has 1 unspecified atom stereocenters. The molecular weight excluding hydrogens is 612 g/mol. The number of rotatable bonds is 11. The van der Waals surface area contributed by atoms with Crippen LogP contribution in [0.25, 0.3) is 11.1 Å². The van der Waals surface area contributed by atoms with E-state index < -0.39 is 32.9 Å². The highest BCUT2D eigenvalue weighted by molar-refractivity contribution is 7.90. The van der Waals surface area contributed by atoms with Gasteiger partial charge in [-0.1, -0.05) is 24.6 Å². The number of ether oxygens (including phenoxy) is 1. The van der Waals surface area contributed by atoms with E-state index >= 15 is 8.78 Å². The van der Waals surface area contributed by atoms with Crippen LogP contribution < -0.4 is 20.1 Å². The van der Waals surface area contributed by atoms with Gasteiger partial charge < -0.3 is 15.4 Å². The number of alkyl halides is 1. The molecule has 2 aromatic carbocycles. The van der Waals surface area contributed by atoms with E-state index in [0.717, 1.165) is 38.5 Å². The highest BCUT2D eigenvalue weighted by atomic mass is 32.2. The first-order valence-electron chi connectivity index (χ1n) is 16.6. The van der Waals surface area contributed by atoms with Crippen molar-refractivity contribution < 1.29 is 31.5 Å². The van der Waals surface area contributed by atoms with Gasteiger partial charge in [0.15, 0.2) is 0 Å². The van der Waals surface area contributed by atoms with Gasteiger partial charge in [0.2, 0.25) is 21.6 Å². The van der Waals surface area contributed by atoms with Crippen LogP contribution in [0.2, 0.25) is 0 Å². The van der Waals surface area contributed by atoms with Gasteiger partial charge in [0.25, 0.3) is 5.91 Å². The first-order valence-corrected chi connectivity index (χ1v) is 18.3. The van der Waals surface area contributed by atoms with Crippen LogP contribution in [0.4, 0.5) is 8.78 Å². The van der Waals surface area contributed by atoms with Crippen molar-refractivity contribution in [3.8, 4) is 16.9 Å². The lowest BCUT2D eigenvalue weighted by molar-refractivity contribution is -0.134. The van der Waals surface area contributed by atoms with Gasteiger partial charge in [0.1, 0.15) is 11.6 Å². The van der Waals surface area contributed by atoms with Crippen molar-refractivity contribution in [2.75, 3.05) is 18.9 Å². The highest BCUT2D eigenvalue weighted by Crippen LogP contribution is 2.46. The second-order valence-corrected chi connectivity index (χ2v) is 16.5. The summed E-state index contributed by atoms with van der Waals surface area (Å²) in [5, 5.41) is 6.15. The van der Waals surface area contributed by atoms with Crippen LogP contribution in [0.5, 0.6) is 5.75 Å². The van der Waals surface area contributed by atoms with Gasteiger partial charge in [-0.05, 0) is 112 Å². The third-order valence-corrected chi connectivity index (χ3v) is 12.1. The van der Waals surface area contributed by atoms with Crippen molar-refractivity contribution in [1.82, 2.24) is 15.4 Å². The number of nitrogens with one attached hydrogen (secondary N) is 3. The zero-order valence-electron chi connectivity index (χ0n) is 26.9. The Balaban J connectivity index is 1.18. The topological polar surface area (TPSA) is 114 Å². The van der Waals surface area contributed by atoms with Crippen molar-refractivity contribution in [2.45, 2.75) is 107 Å². The van der Waals surface area contributed by atoms with Gasteiger partial charge in [0, 0.05) is 30.1 Å². The Kier molecular flexibility index (Phi) is 8.72. The summed E-state index contributed by atoms with van der Waals surface area (Å²) in [6, 6.07) is 10.2. The number of carbonyl (C=O) groups excluding carboxylic acids is 2. The Labute approximate surface area is 270 Å². The predicted molar refractivity (Wildman–Crippen MR) is 172 cm³/mol. The highest BCUT2D eigenvalue weighted by Gasteiger charge is 2.55. The minimum absolute atomic E-state index is 0.0622. The van der Waals surface area contributed by atoms with Crippen molar-refractivity contribution >= 4 is 21.8 Å². The monoisotopic (exact) mass is 657 g/mol. The Bertz CT molecular complexity index is 1620. The molecule has 2 aromatic rings. The van der Waals surface area contributed by atoms with Gasteiger partial charge in [0.05, 0.1) is 17.8 Å². The molecule has 3 saturated carbocycles. The molecule has 1 aliphatic heterocycles. The van der Waals surface area contributed by atoms with E-state index in [4.69, 9.17) is 4.74 Å². The predicted octanol–water partition coefficient (Wildman–Crippen LogP) is 5.40. The summed E-state index contributed by atoms with van der Waals surface area (Å²) in [7, 11) is -3.76. The minimum Gasteiger partial charge on any atom is -0.493 e. The summed E-state index contributed by atoms with van der Waals surface area (Å²) in [5.41, 5.74) is -0.752. The summed E-state index contributed by atoms with van der Waals surface area (Å²) in [6.07, 6.45) is 7.28. The quantitative estimate of drug-likeness (QED) is 0.298. The Morgan fingerprint density at radius 3 is 2.43 bits per heavy atom. The average molecular weight is 658 g/mol. The lowest BCUT2D eigenvalue weighted by atomic mass is 9.73. The lowest BCUT2D eigenvalue weighted by Gasteiger charge is -2.39. The fourth-order valence-corrected chi connectivity index (χ4v) is 7.91. The Morgan fingerprint density at radius 1 is 1.09 bits per heavy atom. The molecule has 0 radical (unpaired) electrons. The summed E-state index contributed by atoms with van der Waals surface area (Å²) in [4.78, 5) is 26.0. The summed E-state index contributed by atoms with van der Waals surface area (Å²) in [5.74, 6) is -0.922. The molecule has 0 bridgehead atoms. The smallest absolute Gasteiger partial charge is 0.259 e. The number of sulfonamides is 1. The van der Waals surface area contributed by atoms with Crippen LogP contribution in [0, 0.1) is 11.7 Å². The van der Waals surface area contributed by atoms with Gasteiger partial charge in [-0.2, -0.15) is 0 Å².